The van der Waals surface area contributed by atoms with Crippen molar-refractivity contribution < 1.29 is 4.79 Å². The fraction of sp³-hybridized carbons (Fsp3) is 0.250. The first kappa shape index (κ1) is 14.7. The molecule has 3 aromatic rings. The fourth-order valence-corrected chi connectivity index (χ4v) is 2.97. The van der Waals surface area contributed by atoms with Crippen LogP contribution in [0, 0.1) is 0 Å². The Labute approximate surface area is 132 Å². The van der Waals surface area contributed by atoms with Gasteiger partial charge in [-0.1, -0.05) is 25.5 Å². The van der Waals surface area contributed by atoms with E-state index in [-0.39, 0.29) is 5.91 Å². The van der Waals surface area contributed by atoms with Crippen molar-refractivity contribution in [3.05, 3.63) is 42.0 Å². The van der Waals surface area contributed by atoms with Gasteiger partial charge in [0.25, 0.3) is 0 Å². The van der Waals surface area contributed by atoms with Gasteiger partial charge in [0, 0.05) is 29.0 Å². The van der Waals surface area contributed by atoms with Crippen LogP contribution < -0.4 is 11.1 Å². The zero-order valence-corrected chi connectivity index (χ0v) is 13.1. The highest BCUT2D eigenvalue weighted by Crippen LogP contribution is 2.23. The van der Waals surface area contributed by atoms with Crippen molar-refractivity contribution in [1.82, 2.24) is 9.38 Å². The number of thiazole rings is 1. The van der Waals surface area contributed by atoms with Gasteiger partial charge in [0.05, 0.1) is 11.7 Å². The highest BCUT2D eigenvalue weighted by molar-refractivity contribution is 7.15. The first-order chi connectivity index (χ1) is 10.7. The average Bonchev–Trinajstić information content (AvgIpc) is 3.09. The molecule has 5 nitrogen and oxygen atoms in total. The quantitative estimate of drug-likeness (QED) is 0.760. The summed E-state index contributed by atoms with van der Waals surface area (Å²) in [6.07, 6.45) is 5.57. The van der Waals surface area contributed by atoms with Gasteiger partial charge in [-0.3, -0.25) is 9.20 Å². The number of carbonyl (C=O) groups excluding carboxylic acids is 1. The summed E-state index contributed by atoms with van der Waals surface area (Å²) in [4.78, 5) is 17.4. The minimum Gasteiger partial charge on any atom is -0.325 e. The molecule has 2 heterocycles. The van der Waals surface area contributed by atoms with E-state index < -0.39 is 6.04 Å². The summed E-state index contributed by atoms with van der Waals surface area (Å²) in [5.41, 5.74) is 8.50. The maximum atomic E-state index is 11.9. The number of nitrogens with one attached hydrogen (secondary N) is 1. The number of aromatic nitrogens is 2. The molecule has 0 aliphatic carbocycles. The minimum absolute atomic E-state index is 0.142. The lowest BCUT2D eigenvalue weighted by molar-refractivity contribution is -0.117. The van der Waals surface area contributed by atoms with E-state index >= 15 is 0 Å². The lowest BCUT2D eigenvalue weighted by atomic mass is 10.1. The maximum absolute atomic E-state index is 11.9. The van der Waals surface area contributed by atoms with Crippen molar-refractivity contribution in [2.75, 3.05) is 5.32 Å². The monoisotopic (exact) mass is 314 g/mol. The van der Waals surface area contributed by atoms with Gasteiger partial charge >= 0.3 is 0 Å². The van der Waals surface area contributed by atoms with Crippen LogP contribution in [0.2, 0.25) is 0 Å². The fourth-order valence-electron chi connectivity index (χ4n) is 2.27. The Morgan fingerprint density at radius 2 is 2.18 bits per heavy atom. The van der Waals surface area contributed by atoms with E-state index in [0.717, 1.165) is 28.3 Å². The third kappa shape index (κ3) is 3.03. The molecule has 0 aliphatic heterocycles. The van der Waals surface area contributed by atoms with E-state index in [4.69, 9.17) is 5.73 Å². The molecule has 0 aliphatic rings. The Hall–Kier alpha value is -2.18. The Morgan fingerprint density at radius 3 is 2.86 bits per heavy atom. The van der Waals surface area contributed by atoms with Gasteiger partial charge in [-0.15, -0.1) is 11.3 Å². The SMILES string of the molecule is CCCC(N)C(=O)Nc1ccc(-c2cn3ccsc3n2)cc1. The molecule has 2 aromatic heterocycles. The van der Waals surface area contributed by atoms with Crippen molar-refractivity contribution in [3.63, 3.8) is 0 Å². The van der Waals surface area contributed by atoms with Crippen LogP contribution in [0.1, 0.15) is 19.8 Å². The van der Waals surface area contributed by atoms with E-state index in [1.807, 2.05) is 53.4 Å². The summed E-state index contributed by atoms with van der Waals surface area (Å²) in [5.74, 6) is -0.142. The molecular weight excluding hydrogens is 296 g/mol. The van der Waals surface area contributed by atoms with Crippen LogP contribution in [0.3, 0.4) is 0 Å². The molecule has 1 unspecified atom stereocenters. The lowest BCUT2D eigenvalue weighted by Crippen LogP contribution is -2.35. The van der Waals surface area contributed by atoms with Crippen molar-refractivity contribution in [3.8, 4) is 11.3 Å². The van der Waals surface area contributed by atoms with Crippen LogP contribution in [0.4, 0.5) is 5.69 Å². The molecule has 1 amide bonds. The van der Waals surface area contributed by atoms with Crippen molar-refractivity contribution in [2.24, 2.45) is 5.73 Å². The van der Waals surface area contributed by atoms with E-state index in [1.54, 1.807) is 11.3 Å². The van der Waals surface area contributed by atoms with Crippen LogP contribution in [-0.2, 0) is 4.79 Å². The van der Waals surface area contributed by atoms with Crippen molar-refractivity contribution in [2.45, 2.75) is 25.8 Å². The number of imidazole rings is 1. The molecule has 3 rings (SSSR count). The third-order valence-electron chi connectivity index (χ3n) is 3.48. The molecule has 0 fully saturated rings. The van der Waals surface area contributed by atoms with Gasteiger partial charge in [-0.05, 0) is 18.6 Å². The zero-order valence-electron chi connectivity index (χ0n) is 12.3. The molecule has 114 valence electrons. The second kappa shape index (κ2) is 6.29. The smallest absolute Gasteiger partial charge is 0.241 e. The third-order valence-corrected chi connectivity index (χ3v) is 4.25. The zero-order chi connectivity index (χ0) is 15.5. The number of hydrogen-bond acceptors (Lipinski definition) is 4. The number of anilines is 1. The molecule has 3 N–H and O–H groups in total. The second-order valence-electron chi connectivity index (χ2n) is 5.18. The van der Waals surface area contributed by atoms with Crippen LogP contribution in [0.15, 0.2) is 42.0 Å². The molecule has 1 atom stereocenters. The predicted molar refractivity (Wildman–Crippen MR) is 90.0 cm³/mol. The number of nitrogens with two attached hydrogens (primary N) is 1. The van der Waals surface area contributed by atoms with Gasteiger partial charge in [-0.25, -0.2) is 4.98 Å². The summed E-state index contributed by atoms with van der Waals surface area (Å²) in [5, 5.41) is 4.84. The average molecular weight is 314 g/mol. The summed E-state index contributed by atoms with van der Waals surface area (Å²) >= 11 is 1.60. The second-order valence-corrected chi connectivity index (χ2v) is 6.05. The number of hydrogen-bond donors (Lipinski definition) is 2. The van der Waals surface area contributed by atoms with Gasteiger partial charge in [0.15, 0.2) is 4.96 Å². The number of nitrogens with zero attached hydrogens (tertiary/aromatic N) is 2. The first-order valence-corrected chi connectivity index (χ1v) is 8.14. The molecule has 0 saturated carbocycles. The van der Waals surface area contributed by atoms with Crippen molar-refractivity contribution >= 4 is 27.9 Å². The topological polar surface area (TPSA) is 72.4 Å². The van der Waals surface area contributed by atoms with E-state index in [2.05, 4.69) is 10.3 Å². The summed E-state index contributed by atoms with van der Waals surface area (Å²) in [6.45, 7) is 2.01. The number of amides is 1. The molecule has 22 heavy (non-hydrogen) atoms. The largest absolute Gasteiger partial charge is 0.325 e. The maximum Gasteiger partial charge on any atom is 0.241 e. The molecule has 6 heteroatoms. The van der Waals surface area contributed by atoms with E-state index in [9.17, 15) is 4.79 Å². The van der Waals surface area contributed by atoms with Crippen LogP contribution in [0.5, 0.6) is 0 Å². The van der Waals surface area contributed by atoms with E-state index in [1.165, 1.54) is 0 Å². The van der Waals surface area contributed by atoms with Crippen LogP contribution in [0.25, 0.3) is 16.2 Å². The summed E-state index contributed by atoms with van der Waals surface area (Å²) in [7, 11) is 0. The standard InChI is InChI=1S/C16H18N4OS/c1-2-3-13(17)15(21)18-12-6-4-11(5-7-12)14-10-20-8-9-22-16(20)19-14/h4-10,13H,2-3,17H2,1H3,(H,18,21). The molecule has 0 spiro atoms. The number of benzene rings is 1. The van der Waals surface area contributed by atoms with Crippen LogP contribution >= 0.6 is 11.3 Å². The number of fused-ring (bicyclic) bond motifs is 1. The minimum atomic E-state index is -0.454. The molecule has 0 bridgehead atoms. The number of carbonyl (C=O) groups is 1. The summed E-state index contributed by atoms with van der Waals surface area (Å²) < 4.78 is 2.00. The lowest BCUT2D eigenvalue weighted by Gasteiger charge is -2.11. The first-order valence-electron chi connectivity index (χ1n) is 7.26. The highest BCUT2D eigenvalue weighted by Gasteiger charge is 2.12. The Bertz CT molecular complexity index is 746. The van der Waals surface area contributed by atoms with Gasteiger partial charge in [0.2, 0.25) is 5.91 Å². The van der Waals surface area contributed by atoms with Crippen molar-refractivity contribution in [1.29, 1.82) is 0 Å². The Balaban J connectivity index is 1.72. The molecule has 1 aromatic carbocycles. The highest BCUT2D eigenvalue weighted by atomic mass is 32.1. The van der Waals surface area contributed by atoms with Gasteiger partial charge in [0.1, 0.15) is 0 Å². The number of rotatable bonds is 5. The Kier molecular flexibility index (Phi) is 4.22. The molecule has 0 radical (unpaired) electrons. The predicted octanol–water partition coefficient (Wildman–Crippen LogP) is 3.13. The van der Waals surface area contributed by atoms with E-state index in [0.29, 0.717) is 6.42 Å². The van der Waals surface area contributed by atoms with Crippen LogP contribution in [-0.4, -0.2) is 21.3 Å². The summed E-state index contributed by atoms with van der Waals surface area (Å²) in [6, 6.07) is 7.20. The van der Waals surface area contributed by atoms with Gasteiger partial charge < -0.3 is 11.1 Å². The Morgan fingerprint density at radius 1 is 1.41 bits per heavy atom. The molecule has 0 saturated heterocycles. The van der Waals surface area contributed by atoms with Gasteiger partial charge in [-0.2, -0.15) is 0 Å². The molecular formula is C16H18N4OS. The normalized spacial score (nSPS) is 12.5.